The quantitative estimate of drug-likeness (QED) is 0.914. The van der Waals surface area contributed by atoms with E-state index < -0.39 is 0 Å². The summed E-state index contributed by atoms with van der Waals surface area (Å²) >= 11 is 1.47. The third-order valence-electron chi connectivity index (χ3n) is 2.96. The van der Waals surface area contributed by atoms with E-state index in [1.165, 1.54) is 11.3 Å². The monoisotopic (exact) mass is 274 g/mol. The number of nitrogens with one attached hydrogen (secondary N) is 1. The molecule has 0 aliphatic rings. The smallest absolute Gasteiger partial charge is 0.257 e. The molecule has 3 nitrogen and oxygen atoms in total. The lowest BCUT2D eigenvalue weighted by molar-refractivity contribution is 0.102. The van der Waals surface area contributed by atoms with Gasteiger partial charge in [0.1, 0.15) is 0 Å². The lowest BCUT2D eigenvalue weighted by Gasteiger charge is -2.06. The summed E-state index contributed by atoms with van der Waals surface area (Å²) in [6.45, 7) is 8.14. The number of hydrogen-bond donors (Lipinski definition) is 1. The second kappa shape index (κ2) is 5.53. The highest BCUT2D eigenvalue weighted by molar-refractivity contribution is 7.14. The number of thiazole rings is 1. The van der Waals surface area contributed by atoms with Gasteiger partial charge >= 0.3 is 0 Å². The van der Waals surface area contributed by atoms with Crippen LogP contribution >= 0.6 is 11.3 Å². The number of aromatic nitrogens is 1. The molecule has 2 aromatic rings. The van der Waals surface area contributed by atoms with Crippen LogP contribution in [0.5, 0.6) is 0 Å². The van der Waals surface area contributed by atoms with E-state index in [1.807, 2.05) is 37.4 Å². The Morgan fingerprint density at radius 3 is 2.63 bits per heavy atom. The van der Waals surface area contributed by atoms with Crippen LogP contribution in [0.4, 0.5) is 5.13 Å². The van der Waals surface area contributed by atoms with E-state index in [0.29, 0.717) is 16.6 Å². The number of hydrogen-bond acceptors (Lipinski definition) is 3. The summed E-state index contributed by atoms with van der Waals surface area (Å²) in [5, 5.41) is 5.51. The van der Waals surface area contributed by atoms with Crippen molar-refractivity contribution in [1.29, 1.82) is 0 Å². The Balaban J connectivity index is 2.16. The fraction of sp³-hybridized carbons (Fsp3) is 0.333. The predicted molar refractivity (Wildman–Crippen MR) is 80.1 cm³/mol. The van der Waals surface area contributed by atoms with Gasteiger partial charge < -0.3 is 0 Å². The van der Waals surface area contributed by atoms with E-state index in [-0.39, 0.29) is 5.91 Å². The number of amides is 1. The lowest BCUT2D eigenvalue weighted by Crippen LogP contribution is -2.13. The average molecular weight is 274 g/mol. The van der Waals surface area contributed by atoms with Crippen LogP contribution in [-0.4, -0.2) is 10.9 Å². The van der Waals surface area contributed by atoms with Gasteiger partial charge in [-0.3, -0.25) is 10.1 Å². The maximum Gasteiger partial charge on any atom is 0.257 e. The van der Waals surface area contributed by atoms with E-state index in [2.05, 4.69) is 24.1 Å². The Morgan fingerprint density at radius 2 is 2.05 bits per heavy atom. The highest BCUT2D eigenvalue weighted by Crippen LogP contribution is 2.22. The first-order valence-electron chi connectivity index (χ1n) is 6.31. The van der Waals surface area contributed by atoms with Gasteiger partial charge in [0.15, 0.2) is 5.13 Å². The fourth-order valence-electron chi connectivity index (χ4n) is 1.84. The van der Waals surface area contributed by atoms with E-state index >= 15 is 0 Å². The van der Waals surface area contributed by atoms with Crippen LogP contribution in [0.1, 0.15) is 46.9 Å². The number of carbonyl (C=O) groups excluding carboxylic acids is 1. The molecular formula is C15H18N2OS. The summed E-state index contributed by atoms with van der Waals surface area (Å²) in [5.41, 5.74) is 3.86. The average Bonchev–Trinajstić information content (AvgIpc) is 2.77. The van der Waals surface area contributed by atoms with E-state index in [9.17, 15) is 4.79 Å². The molecule has 0 bridgehead atoms. The molecular weight excluding hydrogens is 256 g/mol. The molecule has 1 aromatic heterocycles. The fourth-order valence-corrected chi connectivity index (χ4v) is 2.71. The number of rotatable bonds is 3. The second-order valence-corrected chi connectivity index (χ2v) is 5.86. The van der Waals surface area contributed by atoms with Gasteiger partial charge in [-0.25, -0.2) is 4.98 Å². The Morgan fingerprint density at radius 1 is 1.32 bits per heavy atom. The largest absolute Gasteiger partial charge is 0.298 e. The minimum absolute atomic E-state index is 0.0952. The van der Waals surface area contributed by atoms with Crippen molar-refractivity contribution < 1.29 is 4.79 Å². The zero-order chi connectivity index (χ0) is 14.0. The summed E-state index contributed by atoms with van der Waals surface area (Å²) in [5.74, 6) is 0.283. The van der Waals surface area contributed by atoms with Crippen molar-refractivity contribution in [3.8, 4) is 0 Å². The molecule has 4 heteroatoms. The summed E-state index contributed by atoms with van der Waals surface area (Å²) in [6.07, 6.45) is 0. The third-order valence-corrected chi connectivity index (χ3v) is 3.74. The van der Waals surface area contributed by atoms with Crippen LogP contribution in [0.3, 0.4) is 0 Å². The van der Waals surface area contributed by atoms with Crippen molar-refractivity contribution in [1.82, 2.24) is 4.98 Å². The van der Waals surface area contributed by atoms with Crippen LogP contribution in [-0.2, 0) is 0 Å². The Kier molecular flexibility index (Phi) is 4.00. The van der Waals surface area contributed by atoms with Crippen LogP contribution < -0.4 is 5.32 Å². The van der Waals surface area contributed by atoms with Crippen molar-refractivity contribution >= 4 is 22.4 Å². The van der Waals surface area contributed by atoms with Crippen molar-refractivity contribution in [2.24, 2.45) is 0 Å². The summed E-state index contributed by atoms with van der Waals surface area (Å²) in [4.78, 5) is 16.6. The minimum atomic E-state index is -0.0952. The van der Waals surface area contributed by atoms with E-state index in [4.69, 9.17) is 0 Å². The first kappa shape index (κ1) is 13.7. The van der Waals surface area contributed by atoms with Crippen molar-refractivity contribution in [2.45, 2.75) is 33.6 Å². The minimum Gasteiger partial charge on any atom is -0.298 e. The van der Waals surface area contributed by atoms with Crippen molar-refractivity contribution in [3.63, 3.8) is 0 Å². The van der Waals surface area contributed by atoms with E-state index in [0.717, 1.165) is 16.8 Å². The Hall–Kier alpha value is -1.68. The van der Waals surface area contributed by atoms with Crippen LogP contribution in [0.25, 0.3) is 0 Å². The molecule has 0 radical (unpaired) electrons. The molecule has 19 heavy (non-hydrogen) atoms. The molecule has 2 rings (SSSR count). The second-order valence-electron chi connectivity index (χ2n) is 5.00. The Bertz CT molecular complexity index is 602. The number of nitrogens with zero attached hydrogens (tertiary/aromatic N) is 1. The lowest BCUT2D eigenvalue weighted by atomic mass is 10.1. The molecule has 1 heterocycles. The van der Waals surface area contributed by atoms with Crippen LogP contribution in [0.15, 0.2) is 23.6 Å². The van der Waals surface area contributed by atoms with Gasteiger partial charge in [-0.15, -0.1) is 11.3 Å². The topological polar surface area (TPSA) is 42.0 Å². The highest BCUT2D eigenvalue weighted by atomic mass is 32.1. The SMILES string of the molecule is Cc1ccc(C(=O)Nc2nc(C(C)C)cs2)c(C)c1. The first-order chi connectivity index (χ1) is 8.97. The van der Waals surface area contributed by atoms with Crippen LogP contribution in [0.2, 0.25) is 0 Å². The number of carbonyl (C=O) groups is 1. The molecule has 0 aliphatic carbocycles. The molecule has 1 N–H and O–H groups in total. The molecule has 0 fully saturated rings. The van der Waals surface area contributed by atoms with Gasteiger partial charge in [0.05, 0.1) is 5.69 Å². The zero-order valence-corrected chi connectivity index (χ0v) is 12.5. The van der Waals surface area contributed by atoms with Gasteiger partial charge in [0.2, 0.25) is 0 Å². The normalized spacial score (nSPS) is 10.8. The zero-order valence-electron chi connectivity index (χ0n) is 11.7. The maximum atomic E-state index is 12.2. The molecule has 0 unspecified atom stereocenters. The summed E-state index contributed by atoms with van der Waals surface area (Å²) in [7, 11) is 0. The number of anilines is 1. The van der Waals surface area contributed by atoms with Gasteiger partial charge in [0.25, 0.3) is 5.91 Å². The Labute approximate surface area is 117 Å². The third kappa shape index (κ3) is 3.20. The number of aryl methyl sites for hydroxylation is 2. The van der Waals surface area contributed by atoms with Crippen molar-refractivity contribution in [2.75, 3.05) is 5.32 Å². The van der Waals surface area contributed by atoms with Gasteiger partial charge in [-0.1, -0.05) is 31.5 Å². The molecule has 0 saturated heterocycles. The summed E-state index contributed by atoms with van der Waals surface area (Å²) < 4.78 is 0. The number of benzene rings is 1. The molecule has 0 saturated carbocycles. The van der Waals surface area contributed by atoms with Gasteiger partial charge in [0, 0.05) is 10.9 Å². The first-order valence-corrected chi connectivity index (χ1v) is 7.19. The maximum absolute atomic E-state index is 12.2. The molecule has 0 aliphatic heterocycles. The van der Waals surface area contributed by atoms with Crippen molar-refractivity contribution in [3.05, 3.63) is 46.0 Å². The molecule has 0 spiro atoms. The van der Waals surface area contributed by atoms with Gasteiger partial charge in [-0.05, 0) is 31.4 Å². The van der Waals surface area contributed by atoms with Crippen LogP contribution in [0, 0.1) is 13.8 Å². The molecule has 1 amide bonds. The standard InChI is InChI=1S/C15H18N2OS/c1-9(2)13-8-19-15(16-13)17-14(18)12-6-5-10(3)7-11(12)4/h5-9H,1-4H3,(H,16,17,18). The molecule has 100 valence electrons. The molecule has 1 aromatic carbocycles. The molecule has 0 atom stereocenters. The highest BCUT2D eigenvalue weighted by Gasteiger charge is 2.12. The van der Waals surface area contributed by atoms with Gasteiger partial charge in [-0.2, -0.15) is 0 Å². The van der Waals surface area contributed by atoms with E-state index in [1.54, 1.807) is 0 Å². The summed E-state index contributed by atoms with van der Waals surface area (Å²) in [6, 6.07) is 5.82. The predicted octanol–water partition coefficient (Wildman–Crippen LogP) is 4.14.